The number of fused-ring (bicyclic) bond motifs is 1. The average Bonchev–Trinajstić information content (AvgIpc) is 2.95. The normalized spacial score (nSPS) is 12.3. The second-order valence-electron chi connectivity index (χ2n) is 4.96. The van der Waals surface area contributed by atoms with E-state index < -0.39 is 26.7 Å². The van der Waals surface area contributed by atoms with E-state index in [-0.39, 0.29) is 5.13 Å². The summed E-state index contributed by atoms with van der Waals surface area (Å²) in [4.78, 5) is 3.65. The summed E-state index contributed by atoms with van der Waals surface area (Å²) in [5.41, 5.74) is -0.571. The van der Waals surface area contributed by atoms with Crippen LogP contribution in [-0.4, -0.2) is 20.5 Å². The van der Waals surface area contributed by atoms with Gasteiger partial charge in [0, 0.05) is 0 Å². The first-order valence-electron chi connectivity index (χ1n) is 6.84. The van der Waals surface area contributed by atoms with Crippen LogP contribution in [0.2, 0.25) is 0 Å². The van der Waals surface area contributed by atoms with Crippen LogP contribution in [0.5, 0.6) is 5.75 Å². The second-order valence-corrected chi connectivity index (χ2v) is 7.67. The molecule has 0 aliphatic heterocycles. The van der Waals surface area contributed by atoms with Crippen molar-refractivity contribution in [1.82, 2.24) is 4.98 Å². The number of nitrogens with one attached hydrogen (secondary N) is 1. The van der Waals surface area contributed by atoms with Gasteiger partial charge in [0.25, 0.3) is 10.0 Å². The summed E-state index contributed by atoms with van der Waals surface area (Å²) >= 11 is 1.05. The maximum absolute atomic E-state index is 12.8. The highest BCUT2D eigenvalue weighted by Gasteiger charge is 2.31. The van der Waals surface area contributed by atoms with Gasteiger partial charge in [0.05, 0.1) is 22.3 Å². The van der Waals surface area contributed by atoms with Crippen molar-refractivity contribution in [2.24, 2.45) is 0 Å². The molecule has 10 heteroatoms. The quantitative estimate of drug-likeness (QED) is 0.730. The van der Waals surface area contributed by atoms with Crippen molar-refractivity contribution in [2.75, 3.05) is 11.8 Å². The molecule has 0 radical (unpaired) electrons. The average molecular weight is 388 g/mol. The van der Waals surface area contributed by atoms with Crippen molar-refractivity contribution in [3.05, 3.63) is 48.0 Å². The van der Waals surface area contributed by atoms with Crippen LogP contribution in [0.15, 0.2) is 47.4 Å². The molecule has 1 aromatic heterocycles. The summed E-state index contributed by atoms with van der Waals surface area (Å²) < 4.78 is 71.1. The fourth-order valence-electron chi connectivity index (χ4n) is 2.15. The molecule has 1 N–H and O–H groups in total. The second kappa shape index (κ2) is 6.19. The van der Waals surface area contributed by atoms with Gasteiger partial charge in [0.2, 0.25) is 0 Å². The maximum atomic E-state index is 12.8. The van der Waals surface area contributed by atoms with Crippen molar-refractivity contribution in [2.45, 2.75) is 11.1 Å². The Labute approximate surface area is 145 Å². The van der Waals surface area contributed by atoms with Gasteiger partial charge in [-0.2, -0.15) is 13.2 Å². The molecule has 0 spiro atoms. The van der Waals surface area contributed by atoms with E-state index in [1.54, 1.807) is 18.2 Å². The molecule has 0 amide bonds. The first-order chi connectivity index (χ1) is 11.7. The van der Waals surface area contributed by atoms with Crippen LogP contribution in [0.3, 0.4) is 0 Å². The Hall–Kier alpha value is -2.33. The van der Waals surface area contributed by atoms with E-state index in [1.807, 2.05) is 0 Å². The molecule has 0 fully saturated rings. The van der Waals surface area contributed by atoms with Crippen molar-refractivity contribution < 1.29 is 26.3 Å². The van der Waals surface area contributed by atoms with Gasteiger partial charge in [0.15, 0.2) is 5.13 Å². The predicted octanol–water partition coefficient (Wildman–Crippen LogP) is 4.12. The Bertz CT molecular complexity index is 1030. The lowest BCUT2D eigenvalue weighted by Crippen LogP contribution is -2.14. The molecule has 0 saturated carbocycles. The standard InChI is InChI=1S/C15H11F3N2O3S2/c1-23-11-6-3-7-12-13(11)19-14(24-12)20-25(21,22)10-5-2-4-9(8-10)15(16,17)18/h2-8H,1H3,(H,19,20). The molecule has 0 bridgehead atoms. The summed E-state index contributed by atoms with van der Waals surface area (Å²) in [5, 5.41) is 0.0388. The molecule has 3 aromatic rings. The minimum atomic E-state index is -4.63. The number of ether oxygens (including phenoxy) is 1. The number of rotatable bonds is 4. The highest BCUT2D eigenvalue weighted by atomic mass is 32.2. The molecule has 5 nitrogen and oxygen atoms in total. The van der Waals surface area contributed by atoms with E-state index in [2.05, 4.69) is 9.71 Å². The van der Waals surface area contributed by atoms with E-state index >= 15 is 0 Å². The molecule has 2 aromatic carbocycles. The Morgan fingerprint density at radius 1 is 1.16 bits per heavy atom. The maximum Gasteiger partial charge on any atom is 0.416 e. The molecule has 0 aliphatic rings. The van der Waals surface area contributed by atoms with Crippen LogP contribution in [0, 0.1) is 0 Å². The van der Waals surface area contributed by atoms with Crippen LogP contribution < -0.4 is 9.46 Å². The number of sulfonamides is 1. The van der Waals surface area contributed by atoms with Gasteiger partial charge in [0.1, 0.15) is 11.3 Å². The van der Waals surface area contributed by atoms with Gasteiger partial charge in [-0.05, 0) is 30.3 Å². The molecule has 0 unspecified atom stereocenters. The number of hydrogen-bond acceptors (Lipinski definition) is 5. The lowest BCUT2D eigenvalue weighted by Gasteiger charge is -2.09. The number of anilines is 1. The Morgan fingerprint density at radius 2 is 1.88 bits per heavy atom. The van der Waals surface area contributed by atoms with Crippen molar-refractivity contribution >= 4 is 36.7 Å². The Morgan fingerprint density at radius 3 is 2.56 bits per heavy atom. The lowest BCUT2D eigenvalue weighted by atomic mass is 10.2. The van der Waals surface area contributed by atoms with Gasteiger partial charge in [-0.25, -0.2) is 13.4 Å². The topological polar surface area (TPSA) is 68.3 Å². The zero-order chi connectivity index (χ0) is 18.2. The zero-order valence-corrected chi connectivity index (χ0v) is 14.3. The number of hydrogen-bond donors (Lipinski definition) is 1. The fourth-order valence-corrected chi connectivity index (χ4v) is 4.31. The van der Waals surface area contributed by atoms with Crippen molar-refractivity contribution in [1.29, 1.82) is 0 Å². The lowest BCUT2D eigenvalue weighted by molar-refractivity contribution is -0.137. The summed E-state index contributed by atoms with van der Waals surface area (Å²) in [7, 11) is -2.75. The van der Waals surface area contributed by atoms with Crippen LogP contribution in [0.25, 0.3) is 10.2 Å². The van der Waals surface area contributed by atoms with E-state index in [0.717, 1.165) is 29.5 Å². The molecule has 0 atom stereocenters. The van der Waals surface area contributed by atoms with E-state index in [4.69, 9.17) is 4.74 Å². The highest BCUT2D eigenvalue weighted by Crippen LogP contribution is 2.34. The van der Waals surface area contributed by atoms with Crippen molar-refractivity contribution in [3.63, 3.8) is 0 Å². The van der Waals surface area contributed by atoms with E-state index in [9.17, 15) is 21.6 Å². The third-order valence-corrected chi connectivity index (χ3v) is 5.70. The largest absolute Gasteiger partial charge is 0.494 e. The summed E-state index contributed by atoms with van der Waals surface area (Å²) in [6, 6.07) is 8.65. The highest BCUT2D eigenvalue weighted by molar-refractivity contribution is 7.93. The smallest absolute Gasteiger partial charge is 0.416 e. The Balaban J connectivity index is 1.97. The molecule has 0 aliphatic carbocycles. The first-order valence-corrected chi connectivity index (χ1v) is 9.14. The van der Waals surface area contributed by atoms with Gasteiger partial charge in [-0.3, -0.25) is 4.72 Å². The number of aromatic nitrogens is 1. The van der Waals surface area contributed by atoms with Crippen molar-refractivity contribution in [3.8, 4) is 5.75 Å². The third kappa shape index (κ3) is 3.54. The monoisotopic (exact) mass is 388 g/mol. The van der Waals surface area contributed by atoms with Gasteiger partial charge < -0.3 is 4.74 Å². The van der Waals surface area contributed by atoms with Gasteiger partial charge in [-0.1, -0.05) is 23.5 Å². The van der Waals surface area contributed by atoms with Crippen LogP contribution in [0.1, 0.15) is 5.56 Å². The van der Waals surface area contributed by atoms with Crippen LogP contribution in [0.4, 0.5) is 18.3 Å². The minimum absolute atomic E-state index is 0.0388. The van der Waals surface area contributed by atoms with E-state index in [1.165, 1.54) is 7.11 Å². The minimum Gasteiger partial charge on any atom is -0.494 e. The Kier molecular flexibility index (Phi) is 4.33. The molecule has 25 heavy (non-hydrogen) atoms. The van der Waals surface area contributed by atoms with Gasteiger partial charge in [-0.15, -0.1) is 0 Å². The number of thiazole rings is 1. The predicted molar refractivity (Wildman–Crippen MR) is 88.4 cm³/mol. The molecule has 132 valence electrons. The number of nitrogens with zero attached hydrogens (tertiary/aromatic N) is 1. The third-order valence-electron chi connectivity index (χ3n) is 3.30. The number of alkyl halides is 3. The number of methoxy groups -OCH3 is 1. The summed E-state index contributed by atoms with van der Waals surface area (Å²) in [6.07, 6.45) is -4.63. The van der Waals surface area contributed by atoms with Crippen LogP contribution in [-0.2, 0) is 16.2 Å². The summed E-state index contributed by atoms with van der Waals surface area (Å²) in [6.45, 7) is 0. The molecular weight excluding hydrogens is 377 g/mol. The van der Waals surface area contributed by atoms with E-state index in [0.29, 0.717) is 22.0 Å². The molecule has 1 heterocycles. The molecule has 0 saturated heterocycles. The SMILES string of the molecule is COc1cccc2sc(NS(=O)(=O)c3cccc(C(F)(F)F)c3)nc12. The van der Waals surface area contributed by atoms with Gasteiger partial charge >= 0.3 is 6.18 Å². The molecular formula is C15H11F3N2O3S2. The molecule has 3 rings (SSSR count). The van der Waals surface area contributed by atoms with Crippen LogP contribution >= 0.6 is 11.3 Å². The number of benzene rings is 2. The fraction of sp³-hybridized carbons (Fsp3) is 0.133. The first kappa shape index (κ1) is 17.5. The number of halogens is 3. The summed E-state index contributed by atoms with van der Waals surface area (Å²) in [5.74, 6) is 0.471. The zero-order valence-electron chi connectivity index (χ0n) is 12.7. The number of para-hydroxylation sites is 1.